The first-order valence-corrected chi connectivity index (χ1v) is 9.40. The van der Waals surface area contributed by atoms with Crippen molar-refractivity contribution in [3.05, 3.63) is 22.3 Å². The number of nitrogens with one attached hydrogen (secondary N) is 1. The van der Waals surface area contributed by atoms with Gasteiger partial charge in [-0.05, 0) is 31.2 Å². The van der Waals surface area contributed by atoms with Crippen LogP contribution in [0.1, 0.15) is 33.6 Å². The standard InChI is InChI=1S/C15H18N4O3S2/c1-19-8-16-18-15(19)23-7-11(20)17-13-12(14(21)22-2)9-5-3-4-6-10(9)24-13/h8H,3-7H2,1-2H3,(H,17,20). The lowest BCUT2D eigenvalue weighted by Gasteiger charge is -2.11. The summed E-state index contributed by atoms with van der Waals surface area (Å²) in [6.45, 7) is 0. The molecule has 0 spiro atoms. The van der Waals surface area contributed by atoms with Gasteiger partial charge in [0.15, 0.2) is 5.16 Å². The summed E-state index contributed by atoms with van der Waals surface area (Å²) in [5.41, 5.74) is 1.56. The van der Waals surface area contributed by atoms with Crippen LogP contribution in [0.3, 0.4) is 0 Å². The zero-order chi connectivity index (χ0) is 17.1. The lowest BCUT2D eigenvalue weighted by atomic mass is 9.95. The van der Waals surface area contributed by atoms with Gasteiger partial charge in [-0.15, -0.1) is 21.5 Å². The van der Waals surface area contributed by atoms with Gasteiger partial charge in [0, 0.05) is 11.9 Å². The Morgan fingerprint density at radius 2 is 2.21 bits per heavy atom. The molecule has 128 valence electrons. The predicted molar refractivity (Wildman–Crippen MR) is 92.7 cm³/mol. The van der Waals surface area contributed by atoms with Gasteiger partial charge < -0.3 is 14.6 Å². The van der Waals surface area contributed by atoms with Crippen LogP contribution in [0.15, 0.2) is 11.5 Å². The first-order valence-electron chi connectivity index (χ1n) is 7.59. The Morgan fingerprint density at radius 3 is 2.92 bits per heavy atom. The maximum atomic E-state index is 12.3. The van der Waals surface area contributed by atoms with E-state index < -0.39 is 0 Å². The van der Waals surface area contributed by atoms with Gasteiger partial charge in [0.25, 0.3) is 0 Å². The fraction of sp³-hybridized carbons (Fsp3) is 0.467. The summed E-state index contributed by atoms with van der Waals surface area (Å²) in [4.78, 5) is 25.6. The van der Waals surface area contributed by atoms with Crippen molar-refractivity contribution < 1.29 is 14.3 Å². The molecule has 0 unspecified atom stereocenters. The highest BCUT2D eigenvalue weighted by Crippen LogP contribution is 2.38. The van der Waals surface area contributed by atoms with E-state index in [0.717, 1.165) is 31.2 Å². The number of carbonyl (C=O) groups is 2. The summed E-state index contributed by atoms with van der Waals surface area (Å²) in [5, 5.41) is 11.8. The first kappa shape index (κ1) is 17.0. The van der Waals surface area contributed by atoms with Crippen LogP contribution in [0.5, 0.6) is 0 Å². The molecule has 1 N–H and O–H groups in total. The molecule has 0 radical (unpaired) electrons. The Kier molecular flexibility index (Phi) is 5.20. The van der Waals surface area contributed by atoms with E-state index >= 15 is 0 Å². The molecule has 1 aliphatic rings. The number of ether oxygens (including phenoxy) is 1. The number of nitrogens with zero attached hydrogens (tertiary/aromatic N) is 3. The lowest BCUT2D eigenvalue weighted by Crippen LogP contribution is -2.16. The molecule has 0 aromatic carbocycles. The van der Waals surface area contributed by atoms with Gasteiger partial charge >= 0.3 is 5.97 Å². The van der Waals surface area contributed by atoms with Crippen molar-refractivity contribution in [3.63, 3.8) is 0 Å². The second kappa shape index (κ2) is 7.35. The average molecular weight is 366 g/mol. The highest BCUT2D eigenvalue weighted by molar-refractivity contribution is 7.99. The summed E-state index contributed by atoms with van der Waals surface area (Å²) >= 11 is 2.79. The van der Waals surface area contributed by atoms with Gasteiger partial charge in [-0.1, -0.05) is 11.8 Å². The second-order valence-electron chi connectivity index (χ2n) is 5.47. The maximum Gasteiger partial charge on any atom is 0.341 e. The molecule has 3 rings (SSSR count). The molecule has 1 aliphatic carbocycles. The van der Waals surface area contributed by atoms with Gasteiger partial charge in [-0.2, -0.15) is 0 Å². The highest BCUT2D eigenvalue weighted by atomic mass is 32.2. The van der Waals surface area contributed by atoms with E-state index in [1.54, 1.807) is 10.9 Å². The number of methoxy groups -OCH3 is 1. The molecule has 0 bridgehead atoms. The zero-order valence-electron chi connectivity index (χ0n) is 13.5. The molecule has 0 saturated carbocycles. The summed E-state index contributed by atoms with van der Waals surface area (Å²) in [5.74, 6) is -0.354. The van der Waals surface area contributed by atoms with Crippen molar-refractivity contribution in [1.29, 1.82) is 0 Å². The van der Waals surface area contributed by atoms with Crippen molar-refractivity contribution in [2.24, 2.45) is 7.05 Å². The van der Waals surface area contributed by atoms with Crippen molar-refractivity contribution in [2.75, 3.05) is 18.2 Å². The van der Waals surface area contributed by atoms with Gasteiger partial charge in [0.1, 0.15) is 11.3 Å². The monoisotopic (exact) mass is 366 g/mol. The molecular formula is C15H18N4O3S2. The van der Waals surface area contributed by atoms with Crippen LogP contribution < -0.4 is 5.32 Å². The number of esters is 1. The number of rotatable bonds is 5. The molecule has 0 saturated heterocycles. The molecule has 2 aromatic rings. The van der Waals surface area contributed by atoms with Crippen LogP contribution in [0.2, 0.25) is 0 Å². The zero-order valence-corrected chi connectivity index (χ0v) is 15.1. The SMILES string of the molecule is COC(=O)c1c(NC(=O)CSc2nncn2C)sc2c1CCCC2. The highest BCUT2D eigenvalue weighted by Gasteiger charge is 2.26. The van der Waals surface area contributed by atoms with E-state index in [2.05, 4.69) is 15.5 Å². The van der Waals surface area contributed by atoms with Crippen molar-refractivity contribution >= 4 is 40.0 Å². The number of thiophene rings is 1. The van der Waals surface area contributed by atoms with E-state index in [1.165, 1.54) is 35.1 Å². The number of fused-ring (bicyclic) bond motifs is 1. The van der Waals surface area contributed by atoms with E-state index in [4.69, 9.17) is 4.74 Å². The third-order valence-corrected chi connectivity index (χ3v) is 6.06. The minimum absolute atomic E-state index is 0.174. The van der Waals surface area contributed by atoms with Crippen molar-refractivity contribution in [3.8, 4) is 0 Å². The second-order valence-corrected chi connectivity index (χ2v) is 7.52. The maximum absolute atomic E-state index is 12.3. The number of hydrogen-bond acceptors (Lipinski definition) is 7. The average Bonchev–Trinajstić information content (AvgIpc) is 3.15. The molecule has 9 heteroatoms. The van der Waals surface area contributed by atoms with Gasteiger partial charge in [-0.25, -0.2) is 4.79 Å². The third-order valence-electron chi connectivity index (χ3n) is 3.82. The number of hydrogen-bond donors (Lipinski definition) is 1. The van der Waals surface area contributed by atoms with Gasteiger partial charge in [0.05, 0.1) is 18.4 Å². The van der Waals surface area contributed by atoms with Crippen LogP contribution in [0, 0.1) is 0 Å². The minimum atomic E-state index is -0.384. The number of amides is 1. The quantitative estimate of drug-likeness (QED) is 0.645. The molecule has 0 atom stereocenters. The number of aryl methyl sites for hydroxylation is 2. The summed E-state index contributed by atoms with van der Waals surface area (Å²) in [7, 11) is 3.19. The van der Waals surface area contributed by atoms with Crippen LogP contribution in [0.25, 0.3) is 0 Å². The number of aromatic nitrogens is 3. The Labute approximate surface area is 147 Å². The predicted octanol–water partition coefficient (Wildman–Crippen LogP) is 2.27. The molecule has 0 fully saturated rings. The summed E-state index contributed by atoms with van der Waals surface area (Å²) < 4.78 is 6.66. The van der Waals surface area contributed by atoms with E-state index in [1.807, 2.05) is 7.05 Å². The Hall–Kier alpha value is -1.87. The molecule has 2 aromatic heterocycles. The van der Waals surface area contributed by atoms with Gasteiger partial charge in [0.2, 0.25) is 5.91 Å². The third kappa shape index (κ3) is 3.46. The number of thioether (sulfide) groups is 1. The fourth-order valence-electron chi connectivity index (χ4n) is 2.67. The van der Waals surface area contributed by atoms with Crippen LogP contribution in [-0.2, 0) is 29.4 Å². The van der Waals surface area contributed by atoms with Crippen molar-refractivity contribution in [2.45, 2.75) is 30.8 Å². The molecule has 2 heterocycles. The van der Waals surface area contributed by atoms with Crippen LogP contribution in [0.4, 0.5) is 5.00 Å². The minimum Gasteiger partial charge on any atom is -0.465 e. The fourth-order valence-corrected chi connectivity index (χ4v) is 4.65. The summed E-state index contributed by atoms with van der Waals surface area (Å²) in [6.07, 6.45) is 5.57. The number of carbonyl (C=O) groups excluding carboxylic acids is 2. The van der Waals surface area contributed by atoms with E-state index in [9.17, 15) is 9.59 Å². The van der Waals surface area contributed by atoms with E-state index in [0.29, 0.717) is 15.7 Å². The molecule has 7 nitrogen and oxygen atoms in total. The van der Waals surface area contributed by atoms with Crippen molar-refractivity contribution in [1.82, 2.24) is 14.8 Å². The lowest BCUT2D eigenvalue weighted by molar-refractivity contribution is -0.113. The Bertz CT molecular complexity index is 769. The van der Waals surface area contributed by atoms with E-state index in [-0.39, 0.29) is 17.6 Å². The van der Waals surface area contributed by atoms with Crippen LogP contribution in [-0.4, -0.2) is 39.5 Å². The largest absolute Gasteiger partial charge is 0.465 e. The normalized spacial score (nSPS) is 13.4. The Balaban J connectivity index is 1.74. The molecular weight excluding hydrogens is 348 g/mol. The molecule has 1 amide bonds. The number of anilines is 1. The topological polar surface area (TPSA) is 86.1 Å². The Morgan fingerprint density at radius 1 is 1.42 bits per heavy atom. The summed E-state index contributed by atoms with van der Waals surface area (Å²) in [6, 6.07) is 0. The van der Waals surface area contributed by atoms with Gasteiger partial charge in [-0.3, -0.25) is 4.79 Å². The molecule has 0 aliphatic heterocycles. The smallest absolute Gasteiger partial charge is 0.341 e. The first-order chi connectivity index (χ1) is 11.6. The molecule has 24 heavy (non-hydrogen) atoms. The van der Waals surface area contributed by atoms with Crippen LogP contribution >= 0.6 is 23.1 Å².